The van der Waals surface area contributed by atoms with E-state index in [2.05, 4.69) is 0 Å². The lowest BCUT2D eigenvalue weighted by Crippen LogP contribution is -2.29. The van der Waals surface area contributed by atoms with Crippen molar-refractivity contribution in [1.82, 2.24) is 9.80 Å². The van der Waals surface area contributed by atoms with Gasteiger partial charge in [0.15, 0.2) is 5.78 Å². The summed E-state index contributed by atoms with van der Waals surface area (Å²) in [6.07, 6.45) is 11.8. The standard InChI is InChI=1S/C22H22ClFN2O3/c1-14-8-17(12-25(2)22(28)29)20-7-6-15(11-26(20)13-21(14)27)9-16-4-3-5-18(23)10-19(16)24/h3-8,11H,9-10,12-13H2,1-2H3,(H,28,29). The van der Waals surface area contributed by atoms with Gasteiger partial charge in [0, 0.05) is 36.8 Å². The zero-order chi connectivity index (χ0) is 21.1. The molecule has 7 heteroatoms. The molecule has 0 atom stereocenters. The molecular formula is C22H22ClFN2O3. The van der Waals surface area contributed by atoms with Crippen LogP contribution in [-0.4, -0.2) is 46.9 Å². The molecule has 1 aliphatic carbocycles. The van der Waals surface area contributed by atoms with Crippen LogP contribution in [0.25, 0.3) is 0 Å². The summed E-state index contributed by atoms with van der Waals surface area (Å²) in [5.74, 6) is -0.319. The Morgan fingerprint density at radius 1 is 1.31 bits per heavy atom. The van der Waals surface area contributed by atoms with Crippen LogP contribution >= 0.6 is 11.6 Å². The highest BCUT2D eigenvalue weighted by molar-refractivity contribution is 6.29. The molecule has 0 unspecified atom stereocenters. The second-order valence-corrected chi connectivity index (χ2v) is 7.71. The molecule has 1 N–H and O–H groups in total. The number of ketones is 1. The van der Waals surface area contributed by atoms with E-state index in [9.17, 15) is 19.1 Å². The summed E-state index contributed by atoms with van der Waals surface area (Å²) in [5, 5.41) is 9.64. The van der Waals surface area contributed by atoms with Gasteiger partial charge in [0.05, 0.1) is 13.1 Å². The van der Waals surface area contributed by atoms with Crippen molar-refractivity contribution in [3.63, 3.8) is 0 Å². The van der Waals surface area contributed by atoms with E-state index in [1.807, 2.05) is 18.4 Å². The summed E-state index contributed by atoms with van der Waals surface area (Å²) in [5.41, 5.74) is 3.47. The number of amides is 1. The molecule has 29 heavy (non-hydrogen) atoms. The average molecular weight is 417 g/mol. The summed E-state index contributed by atoms with van der Waals surface area (Å²) in [7, 11) is 1.48. The van der Waals surface area contributed by atoms with E-state index >= 15 is 0 Å². The molecule has 0 aromatic heterocycles. The van der Waals surface area contributed by atoms with Gasteiger partial charge in [-0.3, -0.25) is 4.79 Å². The molecule has 2 aliphatic heterocycles. The maximum Gasteiger partial charge on any atom is 0.407 e. The average Bonchev–Trinajstić information content (AvgIpc) is 2.87. The van der Waals surface area contributed by atoms with Crippen molar-refractivity contribution in [2.45, 2.75) is 19.8 Å². The van der Waals surface area contributed by atoms with E-state index in [0.717, 1.165) is 16.8 Å². The largest absolute Gasteiger partial charge is 0.465 e. The number of likely N-dealkylation sites (N-methyl/N-ethyl adjacent to an activating group) is 1. The normalized spacial score (nSPS) is 19.4. The van der Waals surface area contributed by atoms with Crippen LogP contribution in [0.4, 0.5) is 9.18 Å². The van der Waals surface area contributed by atoms with E-state index in [1.54, 1.807) is 36.1 Å². The summed E-state index contributed by atoms with van der Waals surface area (Å²) in [6, 6.07) is 0. The number of halogens is 2. The van der Waals surface area contributed by atoms with Crippen LogP contribution in [0.2, 0.25) is 0 Å². The Morgan fingerprint density at radius 3 is 2.79 bits per heavy atom. The maximum absolute atomic E-state index is 14.4. The predicted octanol–water partition coefficient (Wildman–Crippen LogP) is 4.83. The lowest BCUT2D eigenvalue weighted by molar-refractivity contribution is -0.115. The minimum Gasteiger partial charge on any atom is -0.465 e. The second-order valence-electron chi connectivity index (χ2n) is 7.22. The van der Waals surface area contributed by atoms with Gasteiger partial charge < -0.3 is 14.9 Å². The van der Waals surface area contributed by atoms with Crippen molar-refractivity contribution in [3.8, 4) is 0 Å². The molecule has 152 valence electrons. The topological polar surface area (TPSA) is 60.9 Å². The number of fused-ring (bicyclic) bond motifs is 1. The highest BCUT2D eigenvalue weighted by atomic mass is 35.5. The smallest absolute Gasteiger partial charge is 0.407 e. The Morgan fingerprint density at radius 2 is 2.07 bits per heavy atom. The molecule has 0 aromatic rings. The third-order valence-corrected chi connectivity index (χ3v) is 5.20. The third kappa shape index (κ3) is 4.95. The molecule has 0 saturated carbocycles. The Hall–Kier alpha value is -2.86. The molecular weight excluding hydrogens is 395 g/mol. The van der Waals surface area contributed by atoms with Crippen LogP contribution < -0.4 is 0 Å². The summed E-state index contributed by atoms with van der Waals surface area (Å²) in [4.78, 5) is 26.6. The molecule has 0 bridgehead atoms. The monoisotopic (exact) mass is 416 g/mol. The number of rotatable bonds is 4. The maximum atomic E-state index is 14.4. The number of allylic oxidation sites excluding steroid dienone is 9. The molecule has 0 saturated heterocycles. The van der Waals surface area contributed by atoms with E-state index in [1.165, 1.54) is 11.9 Å². The van der Waals surface area contributed by atoms with Crippen LogP contribution in [0.3, 0.4) is 0 Å². The van der Waals surface area contributed by atoms with Gasteiger partial charge in [0.25, 0.3) is 0 Å². The zero-order valence-corrected chi connectivity index (χ0v) is 17.0. The fraction of sp³-hybridized carbons (Fsp3) is 0.273. The third-order valence-electron chi connectivity index (χ3n) is 4.94. The molecule has 2 heterocycles. The van der Waals surface area contributed by atoms with Crippen molar-refractivity contribution in [2.24, 2.45) is 0 Å². The Kier molecular flexibility index (Phi) is 6.23. The molecule has 5 nitrogen and oxygen atoms in total. The lowest BCUT2D eigenvalue weighted by Gasteiger charge is -2.27. The molecule has 3 rings (SSSR count). The van der Waals surface area contributed by atoms with E-state index in [-0.39, 0.29) is 31.1 Å². The number of hydrogen-bond donors (Lipinski definition) is 1. The fourth-order valence-corrected chi connectivity index (χ4v) is 3.51. The number of Topliss-reactive ketones (excluding diaryl/α,β-unsaturated/α-hetero) is 1. The minimum absolute atomic E-state index is 0.0443. The molecule has 0 fully saturated rings. The highest BCUT2D eigenvalue weighted by Crippen LogP contribution is 2.31. The van der Waals surface area contributed by atoms with Crippen molar-refractivity contribution >= 4 is 23.5 Å². The van der Waals surface area contributed by atoms with Gasteiger partial charge in [-0.15, -0.1) is 0 Å². The highest BCUT2D eigenvalue weighted by Gasteiger charge is 2.24. The molecule has 0 radical (unpaired) electrons. The zero-order valence-electron chi connectivity index (χ0n) is 16.3. The van der Waals surface area contributed by atoms with E-state index in [4.69, 9.17) is 11.6 Å². The summed E-state index contributed by atoms with van der Waals surface area (Å²) < 4.78 is 14.4. The van der Waals surface area contributed by atoms with Crippen LogP contribution in [0.1, 0.15) is 19.8 Å². The van der Waals surface area contributed by atoms with Gasteiger partial charge in [-0.2, -0.15) is 0 Å². The second kappa shape index (κ2) is 8.66. The predicted molar refractivity (Wildman–Crippen MR) is 111 cm³/mol. The fourth-order valence-electron chi connectivity index (χ4n) is 3.32. The first-order chi connectivity index (χ1) is 13.7. The lowest BCUT2D eigenvalue weighted by atomic mass is 10.0. The van der Waals surface area contributed by atoms with Crippen molar-refractivity contribution in [1.29, 1.82) is 0 Å². The van der Waals surface area contributed by atoms with Crippen molar-refractivity contribution < 1.29 is 19.1 Å². The molecule has 1 amide bonds. The number of carbonyl (C=O) groups is 2. The quantitative estimate of drug-likeness (QED) is 0.713. The molecule has 0 aromatic carbocycles. The number of carbonyl (C=O) groups excluding carboxylic acids is 1. The van der Waals surface area contributed by atoms with Gasteiger partial charge in [-0.1, -0.05) is 29.8 Å². The minimum atomic E-state index is -1.04. The first kappa shape index (κ1) is 20.9. The number of carboxylic acid groups (broad SMARTS) is 1. The van der Waals surface area contributed by atoms with Crippen molar-refractivity contribution in [2.75, 3.05) is 20.1 Å². The van der Waals surface area contributed by atoms with Crippen LogP contribution in [0.5, 0.6) is 0 Å². The first-order valence-electron chi connectivity index (χ1n) is 9.19. The van der Waals surface area contributed by atoms with Crippen LogP contribution in [0.15, 0.2) is 81.5 Å². The number of hydrogen-bond acceptors (Lipinski definition) is 3. The summed E-state index contributed by atoms with van der Waals surface area (Å²) in [6.45, 7) is 2.03. The SMILES string of the molecule is CC1=CC(CN(C)C(=O)O)=C2C=CC(CC3=C(F)CC(Cl)=CC=C3)=CN2CC1=O. The first-order valence-corrected chi connectivity index (χ1v) is 9.56. The molecule has 3 aliphatic rings. The Bertz CT molecular complexity index is 967. The Labute approximate surface area is 174 Å². The Balaban J connectivity index is 1.89. The van der Waals surface area contributed by atoms with E-state index < -0.39 is 6.09 Å². The van der Waals surface area contributed by atoms with Gasteiger partial charge in [-0.25, -0.2) is 9.18 Å². The van der Waals surface area contributed by atoms with Gasteiger partial charge in [0.1, 0.15) is 5.83 Å². The van der Waals surface area contributed by atoms with E-state index in [0.29, 0.717) is 22.6 Å². The van der Waals surface area contributed by atoms with Crippen LogP contribution in [0, 0.1) is 0 Å². The van der Waals surface area contributed by atoms with Gasteiger partial charge in [-0.05, 0) is 47.4 Å². The molecule has 0 spiro atoms. The van der Waals surface area contributed by atoms with Gasteiger partial charge >= 0.3 is 6.09 Å². The van der Waals surface area contributed by atoms with Crippen LogP contribution in [-0.2, 0) is 4.79 Å². The number of nitrogens with zero attached hydrogens (tertiary/aromatic N) is 2. The van der Waals surface area contributed by atoms with Crippen molar-refractivity contribution in [3.05, 3.63) is 81.5 Å². The summed E-state index contributed by atoms with van der Waals surface area (Å²) >= 11 is 5.95. The van der Waals surface area contributed by atoms with Gasteiger partial charge in [0.2, 0.25) is 0 Å².